The molecule has 6 heterocycles. The molecule has 3 aromatic rings. The molecule has 250 valence electrons. The first-order valence-electron chi connectivity index (χ1n) is 15.8. The number of pyridine rings is 3. The molecule has 15 nitrogen and oxygen atoms in total. The number of anilines is 3. The Labute approximate surface area is 278 Å². The number of hydrogen-bond donors (Lipinski definition) is 3. The molecule has 0 unspecified atom stereocenters. The smallest absolute Gasteiger partial charge is 0.236 e. The Balaban J connectivity index is 1.03. The lowest BCUT2D eigenvalue weighted by molar-refractivity contribution is -0.133. The van der Waals surface area contributed by atoms with Crippen LogP contribution in [0.5, 0.6) is 5.88 Å². The van der Waals surface area contributed by atoms with Crippen LogP contribution in [0.3, 0.4) is 0 Å². The third-order valence-corrected chi connectivity index (χ3v) is 9.28. The van der Waals surface area contributed by atoms with Crippen LogP contribution in [0.2, 0.25) is 0 Å². The molecule has 3 aromatic heterocycles. The SMILES string of the molecule is CN=CN=C(N)c1ccc(N2CCN(C(=O)CN3CC[C@]4(CCN(c5ccc(N)c(C(=N)c6ccc(OC)nc6)n5)C4=O)C3)CC2)nc1. The lowest BCUT2D eigenvalue weighted by Gasteiger charge is -2.36. The van der Waals surface area contributed by atoms with Crippen molar-refractivity contribution >= 4 is 47.0 Å². The highest BCUT2D eigenvalue weighted by Crippen LogP contribution is 2.42. The maximum Gasteiger partial charge on any atom is 0.236 e. The number of aliphatic imine (C=N–C) groups is 2. The number of piperazine rings is 1. The van der Waals surface area contributed by atoms with Crippen LogP contribution in [0.4, 0.5) is 17.3 Å². The summed E-state index contributed by atoms with van der Waals surface area (Å²) in [6, 6.07) is 10.6. The molecule has 0 saturated carbocycles. The summed E-state index contributed by atoms with van der Waals surface area (Å²) in [5, 5.41) is 8.70. The molecule has 0 aromatic carbocycles. The van der Waals surface area contributed by atoms with Gasteiger partial charge in [-0.2, -0.15) is 0 Å². The van der Waals surface area contributed by atoms with E-state index >= 15 is 0 Å². The molecule has 3 saturated heterocycles. The lowest BCUT2D eigenvalue weighted by atomic mass is 9.85. The molecule has 0 bridgehead atoms. The molecule has 3 fully saturated rings. The van der Waals surface area contributed by atoms with Gasteiger partial charge in [0, 0.05) is 75.9 Å². The van der Waals surface area contributed by atoms with E-state index < -0.39 is 5.41 Å². The first-order chi connectivity index (χ1) is 23.2. The summed E-state index contributed by atoms with van der Waals surface area (Å²) in [6.07, 6.45) is 5.98. The number of nitrogens with zero attached hydrogens (tertiary/aromatic N) is 9. The van der Waals surface area contributed by atoms with Crippen LogP contribution < -0.4 is 26.0 Å². The summed E-state index contributed by atoms with van der Waals surface area (Å²) in [4.78, 5) is 56.3. The molecular formula is C33H40N12O3. The summed E-state index contributed by atoms with van der Waals surface area (Å²) in [5.74, 6) is 2.14. The minimum atomic E-state index is -0.565. The van der Waals surface area contributed by atoms with Crippen LogP contribution in [-0.2, 0) is 9.59 Å². The number of carbonyl (C=O) groups excluding carboxylic acids is 2. The number of rotatable bonds is 9. The molecular weight excluding hydrogens is 612 g/mol. The van der Waals surface area contributed by atoms with Crippen LogP contribution in [0, 0.1) is 10.8 Å². The summed E-state index contributed by atoms with van der Waals surface area (Å²) in [5.41, 5.74) is 13.6. The number of aromatic nitrogens is 3. The number of carbonyl (C=O) groups is 2. The molecule has 15 heteroatoms. The average molecular weight is 653 g/mol. The molecule has 0 aliphatic carbocycles. The number of nitrogen functional groups attached to an aromatic ring is 1. The number of methoxy groups -OCH3 is 1. The molecule has 48 heavy (non-hydrogen) atoms. The minimum absolute atomic E-state index is 0.00280. The zero-order valence-corrected chi connectivity index (χ0v) is 27.2. The van der Waals surface area contributed by atoms with Crippen molar-refractivity contribution in [2.45, 2.75) is 12.8 Å². The van der Waals surface area contributed by atoms with Gasteiger partial charge in [0.1, 0.15) is 29.5 Å². The fourth-order valence-corrected chi connectivity index (χ4v) is 6.50. The third kappa shape index (κ3) is 6.53. The fourth-order valence-electron chi connectivity index (χ4n) is 6.50. The van der Waals surface area contributed by atoms with E-state index in [1.165, 1.54) is 19.6 Å². The van der Waals surface area contributed by atoms with Crippen molar-refractivity contribution in [3.63, 3.8) is 0 Å². The van der Waals surface area contributed by atoms with Crippen molar-refractivity contribution in [3.05, 3.63) is 65.6 Å². The maximum absolute atomic E-state index is 13.9. The molecule has 1 spiro atoms. The molecule has 1 atom stereocenters. The molecule has 2 amide bonds. The highest BCUT2D eigenvalue weighted by atomic mass is 16.5. The Morgan fingerprint density at radius 2 is 1.73 bits per heavy atom. The fraction of sp³-hybridized carbons (Fsp3) is 0.394. The van der Waals surface area contributed by atoms with Gasteiger partial charge in [0.25, 0.3) is 0 Å². The van der Waals surface area contributed by atoms with Gasteiger partial charge in [0.2, 0.25) is 17.7 Å². The number of amidine groups is 1. The normalized spacial score (nSPS) is 20.3. The number of ether oxygens (including phenoxy) is 1. The van der Waals surface area contributed by atoms with Crippen molar-refractivity contribution in [1.82, 2.24) is 24.8 Å². The highest BCUT2D eigenvalue weighted by Gasteiger charge is 2.51. The van der Waals surface area contributed by atoms with Gasteiger partial charge in [-0.1, -0.05) is 0 Å². The van der Waals surface area contributed by atoms with E-state index in [4.69, 9.17) is 21.6 Å². The van der Waals surface area contributed by atoms with Gasteiger partial charge in [-0.3, -0.25) is 29.8 Å². The van der Waals surface area contributed by atoms with Crippen molar-refractivity contribution in [3.8, 4) is 5.88 Å². The Kier molecular flexibility index (Phi) is 9.30. The van der Waals surface area contributed by atoms with Crippen LogP contribution >= 0.6 is 0 Å². The van der Waals surface area contributed by atoms with E-state index in [-0.39, 0.29) is 29.8 Å². The predicted molar refractivity (Wildman–Crippen MR) is 184 cm³/mol. The van der Waals surface area contributed by atoms with E-state index in [0.717, 1.165) is 11.4 Å². The summed E-state index contributed by atoms with van der Waals surface area (Å²) < 4.78 is 5.11. The van der Waals surface area contributed by atoms with Gasteiger partial charge in [-0.25, -0.2) is 19.9 Å². The van der Waals surface area contributed by atoms with E-state index in [1.807, 2.05) is 17.0 Å². The molecule has 5 N–H and O–H groups in total. The topological polar surface area (TPSA) is 196 Å². The molecule has 0 radical (unpaired) electrons. The van der Waals surface area contributed by atoms with Crippen LogP contribution in [0.25, 0.3) is 0 Å². The Morgan fingerprint density at radius 1 is 1.00 bits per heavy atom. The summed E-state index contributed by atoms with van der Waals surface area (Å²) >= 11 is 0. The summed E-state index contributed by atoms with van der Waals surface area (Å²) in [6.45, 7) is 4.52. The number of nitrogens with one attached hydrogen (secondary N) is 1. The van der Waals surface area contributed by atoms with Gasteiger partial charge in [0.05, 0.1) is 30.5 Å². The lowest BCUT2D eigenvalue weighted by Crippen LogP contribution is -2.51. The van der Waals surface area contributed by atoms with E-state index in [0.29, 0.717) is 87.4 Å². The van der Waals surface area contributed by atoms with Gasteiger partial charge in [-0.15, -0.1) is 0 Å². The zero-order chi connectivity index (χ0) is 33.8. The van der Waals surface area contributed by atoms with Gasteiger partial charge in [-0.05, 0) is 49.7 Å². The van der Waals surface area contributed by atoms with E-state index in [2.05, 4.69) is 34.7 Å². The van der Waals surface area contributed by atoms with Crippen molar-refractivity contribution in [2.75, 3.05) is 82.0 Å². The van der Waals surface area contributed by atoms with Gasteiger partial charge in [0.15, 0.2) is 0 Å². The Hall–Kier alpha value is -5.44. The van der Waals surface area contributed by atoms with E-state index in [9.17, 15) is 9.59 Å². The first kappa shape index (κ1) is 32.5. The largest absolute Gasteiger partial charge is 0.481 e. The quantitative estimate of drug-likeness (QED) is 0.222. The Bertz CT molecular complexity index is 1740. The standard InChI is InChI=1S/C33H40N12O3/c1-37-21-40-31(36)23-3-6-25(38-18-23)43-13-15-44(16-14-43)28(46)19-42-11-9-33(20-42)10-12-45(32(33)47)26-7-5-24(34)30(41-26)29(35)22-4-8-27(48-2)39-17-22/h3-8,17-18,21,35H,9-16,19-20,34H2,1-2H3,(H2,36,37,40)/t33-/m0/s1. The number of hydrogen-bond acceptors (Lipinski definition) is 11. The number of likely N-dealkylation sites (tertiary alicyclic amines) is 1. The first-order valence-corrected chi connectivity index (χ1v) is 15.8. The van der Waals surface area contributed by atoms with Gasteiger partial charge >= 0.3 is 0 Å². The van der Waals surface area contributed by atoms with Crippen LogP contribution in [0.1, 0.15) is 29.7 Å². The van der Waals surface area contributed by atoms with Gasteiger partial charge < -0.3 is 26.0 Å². The van der Waals surface area contributed by atoms with Crippen molar-refractivity contribution in [2.24, 2.45) is 21.1 Å². The molecule has 6 rings (SSSR count). The average Bonchev–Trinajstić information content (AvgIpc) is 3.68. The second-order valence-corrected chi connectivity index (χ2v) is 12.2. The molecule has 3 aliphatic heterocycles. The minimum Gasteiger partial charge on any atom is -0.481 e. The second-order valence-electron chi connectivity index (χ2n) is 12.2. The van der Waals surface area contributed by atoms with E-state index in [1.54, 1.807) is 42.4 Å². The predicted octanol–water partition coefficient (Wildman–Crippen LogP) is 1.02. The third-order valence-electron chi connectivity index (χ3n) is 9.28. The van der Waals surface area contributed by atoms with Crippen molar-refractivity contribution in [1.29, 1.82) is 5.41 Å². The van der Waals surface area contributed by atoms with Crippen molar-refractivity contribution < 1.29 is 14.3 Å². The van der Waals surface area contributed by atoms with Crippen LogP contribution in [-0.4, -0.2) is 121 Å². The highest BCUT2D eigenvalue weighted by molar-refractivity contribution is 6.13. The molecule has 3 aliphatic rings. The Morgan fingerprint density at radius 3 is 2.42 bits per heavy atom. The maximum atomic E-state index is 13.9. The van der Waals surface area contributed by atoms with Crippen LogP contribution in [0.15, 0.2) is 58.8 Å². The number of nitrogens with two attached hydrogens (primary N) is 2. The zero-order valence-electron chi connectivity index (χ0n) is 27.2. The monoisotopic (exact) mass is 652 g/mol. The summed E-state index contributed by atoms with van der Waals surface area (Å²) in [7, 11) is 3.16. The number of amides is 2. The second kappa shape index (κ2) is 13.7.